The number of carbonyl (C=O) groups excluding carboxylic acids is 1. The van der Waals surface area contributed by atoms with Crippen molar-refractivity contribution in [2.75, 3.05) is 0 Å². The lowest BCUT2D eigenvalue weighted by atomic mass is 10.1. The molecule has 0 atom stereocenters. The molecule has 0 aliphatic heterocycles. The van der Waals surface area contributed by atoms with Gasteiger partial charge in [0.25, 0.3) is 0 Å². The van der Waals surface area contributed by atoms with Gasteiger partial charge in [-0.1, -0.05) is 37.8 Å². The summed E-state index contributed by atoms with van der Waals surface area (Å²) >= 11 is 0. The molecule has 3 nitrogen and oxygen atoms in total. The van der Waals surface area contributed by atoms with Crippen LogP contribution in [0.25, 0.3) is 6.08 Å². The fraction of sp³-hybridized carbons (Fsp3) is 0.438. The fourth-order valence-electron chi connectivity index (χ4n) is 2.43. The van der Waals surface area contributed by atoms with Crippen LogP contribution in [-0.2, 0) is 4.79 Å². The largest absolute Gasteiger partial charge is 0.508 e. The van der Waals surface area contributed by atoms with Crippen LogP contribution in [0, 0.1) is 0 Å². The molecule has 1 aliphatic carbocycles. The highest BCUT2D eigenvalue weighted by Crippen LogP contribution is 2.17. The standard InChI is InChI=1S/C16H21NO2/c18-15-10-7-13(8-11-15)9-12-16(19)17-14-5-3-1-2-4-6-14/h7-12,14,18H,1-6H2,(H,17,19)/b12-9+. The molecule has 0 radical (unpaired) electrons. The van der Waals surface area contributed by atoms with Gasteiger partial charge in [0.05, 0.1) is 0 Å². The Morgan fingerprint density at radius 1 is 1.11 bits per heavy atom. The highest BCUT2D eigenvalue weighted by atomic mass is 16.3. The average molecular weight is 259 g/mol. The SMILES string of the molecule is O=C(/C=C/c1ccc(O)cc1)NC1CCCCCC1. The summed E-state index contributed by atoms with van der Waals surface area (Å²) in [5.41, 5.74) is 0.911. The number of hydrogen-bond acceptors (Lipinski definition) is 2. The van der Waals surface area contributed by atoms with Crippen LogP contribution in [0.1, 0.15) is 44.1 Å². The number of phenolic OH excluding ortho intramolecular Hbond substituents is 1. The Morgan fingerprint density at radius 3 is 2.37 bits per heavy atom. The Hall–Kier alpha value is -1.77. The zero-order chi connectivity index (χ0) is 13.5. The van der Waals surface area contributed by atoms with E-state index in [0.717, 1.165) is 18.4 Å². The van der Waals surface area contributed by atoms with Gasteiger partial charge in [-0.25, -0.2) is 0 Å². The van der Waals surface area contributed by atoms with Gasteiger partial charge in [0.15, 0.2) is 0 Å². The first-order chi connectivity index (χ1) is 9.24. The maximum absolute atomic E-state index is 11.8. The summed E-state index contributed by atoms with van der Waals surface area (Å²) in [4.78, 5) is 11.8. The third-order valence-corrected chi connectivity index (χ3v) is 3.52. The highest BCUT2D eigenvalue weighted by Gasteiger charge is 2.12. The van der Waals surface area contributed by atoms with E-state index in [1.807, 2.05) is 0 Å². The molecule has 1 fully saturated rings. The molecule has 1 saturated carbocycles. The number of carbonyl (C=O) groups is 1. The monoisotopic (exact) mass is 259 g/mol. The quantitative estimate of drug-likeness (QED) is 0.646. The number of amides is 1. The molecular formula is C16H21NO2. The zero-order valence-electron chi connectivity index (χ0n) is 11.1. The molecule has 0 unspecified atom stereocenters. The normalized spacial score (nSPS) is 17.3. The molecule has 1 aliphatic rings. The van der Waals surface area contributed by atoms with Crippen molar-refractivity contribution in [1.29, 1.82) is 0 Å². The molecule has 1 amide bonds. The first-order valence-electron chi connectivity index (χ1n) is 7.01. The first kappa shape index (κ1) is 13.7. The summed E-state index contributed by atoms with van der Waals surface area (Å²) < 4.78 is 0. The van der Waals surface area contributed by atoms with Crippen LogP contribution in [0.3, 0.4) is 0 Å². The van der Waals surface area contributed by atoms with Crippen molar-refractivity contribution in [3.8, 4) is 5.75 Å². The van der Waals surface area contributed by atoms with Crippen molar-refractivity contribution < 1.29 is 9.90 Å². The second kappa shape index (κ2) is 6.98. The molecule has 19 heavy (non-hydrogen) atoms. The second-order valence-electron chi connectivity index (χ2n) is 5.12. The summed E-state index contributed by atoms with van der Waals surface area (Å²) in [7, 11) is 0. The fourth-order valence-corrected chi connectivity index (χ4v) is 2.43. The van der Waals surface area contributed by atoms with Crippen LogP contribution in [0.5, 0.6) is 5.75 Å². The minimum absolute atomic E-state index is 0.0278. The van der Waals surface area contributed by atoms with E-state index in [-0.39, 0.29) is 11.7 Å². The number of nitrogens with one attached hydrogen (secondary N) is 1. The van der Waals surface area contributed by atoms with Gasteiger partial charge in [0.2, 0.25) is 5.91 Å². The Bertz CT molecular complexity index is 429. The average Bonchev–Trinajstić information content (AvgIpc) is 2.67. The number of benzene rings is 1. The zero-order valence-corrected chi connectivity index (χ0v) is 11.1. The van der Waals surface area contributed by atoms with E-state index in [1.54, 1.807) is 36.4 Å². The van der Waals surface area contributed by atoms with Crippen molar-refractivity contribution in [1.82, 2.24) is 5.32 Å². The Labute approximate surface area is 114 Å². The van der Waals surface area contributed by atoms with E-state index in [4.69, 9.17) is 0 Å². The molecule has 1 aromatic carbocycles. The second-order valence-corrected chi connectivity index (χ2v) is 5.12. The van der Waals surface area contributed by atoms with Crippen LogP contribution in [-0.4, -0.2) is 17.1 Å². The van der Waals surface area contributed by atoms with E-state index < -0.39 is 0 Å². The molecule has 0 spiro atoms. The lowest BCUT2D eigenvalue weighted by Crippen LogP contribution is -2.33. The number of rotatable bonds is 3. The highest BCUT2D eigenvalue weighted by molar-refractivity contribution is 5.91. The van der Waals surface area contributed by atoms with Gasteiger partial charge in [0.1, 0.15) is 5.75 Å². The third kappa shape index (κ3) is 4.78. The molecule has 0 bridgehead atoms. The first-order valence-corrected chi connectivity index (χ1v) is 7.01. The van der Waals surface area contributed by atoms with E-state index in [9.17, 15) is 9.90 Å². The van der Waals surface area contributed by atoms with Crippen LogP contribution >= 0.6 is 0 Å². The Kier molecular flexibility index (Phi) is 5.01. The summed E-state index contributed by atoms with van der Waals surface area (Å²) in [6.07, 6.45) is 10.5. The van der Waals surface area contributed by atoms with Gasteiger partial charge in [-0.15, -0.1) is 0 Å². The predicted octanol–water partition coefficient (Wildman–Crippen LogP) is 3.24. The van der Waals surface area contributed by atoms with Crippen LogP contribution in [0.4, 0.5) is 0 Å². The Morgan fingerprint density at radius 2 is 1.74 bits per heavy atom. The molecule has 1 aromatic rings. The van der Waals surface area contributed by atoms with Crippen molar-refractivity contribution in [2.24, 2.45) is 0 Å². The molecule has 2 N–H and O–H groups in total. The number of hydrogen-bond donors (Lipinski definition) is 2. The van der Waals surface area contributed by atoms with Gasteiger partial charge < -0.3 is 10.4 Å². The third-order valence-electron chi connectivity index (χ3n) is 3.52. The molecule has 2 rings (SSSR count). The minimum atomic E-state index is -0.0278. The molecule has 0 saturated heterocycles. The molecule has 102 valence electrons. The summed E-state index contributed by atoms with van der Waals surface area (Å²) in [5, 5.41) is 12.2. The smallest absolute Gasteiger partial charge is 0.244 e. The molecule has 0 aromatic heterocycles. The maximum atomic E-state index is 11.8. The molecular weight excluding hydrogens is 238 g/mol. The van der Waals surface area contributed by atoms with Gasteiger partial charge in [-0.3, -0.25) is 4.79 Å². The van der Waals surface area contributed by atoms with Crippen molar-refractivity contribution in [3.05, 3.63) is 35.9 Å². The molecule has 0 heterocycles. The predicted molar refractivity (Wildman–Crippen MR) is 76.8 cm³/mol. The van der Waals surface area contributed by atoms with Gasteiger partial charge in [-0.05, 0) is 36.6 Å². The maximum Gasteiger partial charge on any atom is 0.244 e. The number of aromatic hydroxyl groups is 1. The minimum Gasteiger partial charge on any atom is -0.508 e. The summed E-state index contributed by atoms with van der Waals surface area (Å²) in [6.45, 7) is 0. The van der Waals surface area contributed by atoms with Gasteiger partial charge >= 0.3 is 0 Å². The lowest BCUT2D eigenvalue weighted by Gasteiger charge is -2.14. The van der Waals surface area contributed by atoms with Gasteiger partial charge in [-0.2, -0.15) is 0 Å². The van der Waals surface area contributed by atoms with E-state index >= 15 is 0 Å². The van der Waals surface area contributed by atoms with E-state index in [0.29, 0.717) is 6.04 Å². The van der Waals surface area contributed by atoms with Crippen LogP contribution < -0.4 is 5.32 Å². The van der Waals surface area contributed by atoms with Crippen molar-refractivity contribution >= 4 is 12.0 Å². The van der Waals surface area contributed by atoms with Crippen LogP contribution in [0.15, 0.2) is 30.3 Å². The van der Waals surface area contributed by atoms with E-state index in [2.05, 4.69) is 5.32 Å². The summed E-state index contributed by atoms with van der Waals surface area (Å²) in [6, 6.07) is 7.13. The number of phenols is 1. The van der Waals surface area contributed by atoms with Crippen molar-refractivity contribution in [2.45, 2.75) is 44.6 Å². The molecule has 3 heteroatoms. The summed E-state index contributed by atoms with van der Waals surface area (Å²) in [5.74, 6) is 0.208. The Balaban J connectivity index is 1.84. The topological polar surface area (TPSA) is 49.3 Å². The van der Waals surface area contributed by atoms with Crippen LogP contribution in [0.2, 0.25) is 0 Å². The van der Waals surface area contributed by atoms with Crippen molar-refractivity contribution in [3.63, 3.8) is 0 Å². The van der Waals surface area contributed by atoms with Gasteiger partial charge in [0, 0.05) is 12.1 Å². The van der Waals surface area contributed by atoms with E-state index in [1.165, 1.54) is 25.7 Å². The lowest BCUT2D eigenvalue weighted by molar-refractivity contribution is -0.117.